The molecule has 1 atom stereocenters. The SMILES string of the molecule is CCOC(=O)C1=C(C)N=c2sc(=Cc3ccc(-c4ccc(C(=O)O)cc4)o3)c(=O)n2C1c1ccc(SC)cc1. The maximum Gasteiger partial charge on any atom is 0.338 e. The molecule has 0 aliphatic carbocycles. The number of rotatable bonds is 7. The van der Waals surface area contributed by atoms with Crippen molar-refractivity contribution < 1.29 is 23.8 Å². The molecule has 2 aromatic heterocycles. The Kier molecular flexibility index (Phi) is 7.40. The largest absolute Gasteiger partial charge is 0.478 e. The molecule has 5 rings (SSSR count). The molecule has 0 bridgehead atoms. The third-order valence-corrected chi connectivity index (χ3v) is 7.99. The normalized spacial score (nSPS) is 15.2. The maximum atomic E-state index is 13.7. The minimum Gasteiger partial charge on any atom is -0.478 e. The van der Waals surface area contributed by atoms with E-state index in [9.17, 15) is 14.4 Å². The lowest BCUT2D eigenvalue weighted by molar-refractivity contribution is -0.139. The van der Waals surface area contributed by atoms with E-state index in [0.29, 0.717) is 37.7 Å². The summed E-state index contributed by atoms with van der Waals surface area (Å²) in [6, 6.07) is 16.9. The molecule has 3 heterocycles. The Labute approximate surface area is 231 Å². The van der Waals surface area contributed by atoms with Gasteiger partial charge in [-0.2, -0.15) is 0 Å². The third-order valence-electron chi connectivity index (χ3n) is 6.27. The number of thiazole rings is 1. The van der Waals surface area contributed by atoms with E-state index in [2.05, 4.69) is 4.99 Å². The van der Waals surface area contributed by atoms with Crippen molar-refractivity contribution in [2.45, 2.75) is 24.8 Å². The van der Waals surface area contributed by atoms with Gasteiger partial charge in [-0.15, -0.1) is 11.8 Å². The second-order valence-corrected chi connectivity index (χ2v) is 10.5. The summed E-state index contributed by atoms with van der Waals surface area (Å²) in [4.78, 5) is 44.0. The number of fused-ring (bicyclic) bond motifs is 1. The standard InChI is InChI=1S/C29H24N2O6S2/c1-4-36-28(35)24-16(2)30-29-31(25(24)18-9-12-21(38-3)13-10-18)26(32)23(39-29)15-20-11-14-22(37-20)17-5-7-19(8-6-17)27(33)34/h5-15,25H,4H2,1-3H3,(H,33,34). The number of esters is 1. The number of ether oxygens (including phenoxy) is 1. The minimum absolute atomic E-state index is 0.182. The highest BCUT2D eigenvalue weighted by molar-refractivity contribution is 7.98. The van der Waals surface area contributed by atoms with Crippen LogP contribution in [0.4, 0.5) is 0 Å². The Hall–Kier alpha value is -4.15. The monoisotopic (exact) mass is 560 g/mol. The number of thioether (sulfide) groups is 1. The molecule has 198 valence electrons. The molecule has 39 heavy (non-hydrogen) atoms. The smallest absolute Gasteiger partial charge is 0.338 e. The zero-order valence-electron chi connectivity index (χ0n) is 21.3. The molecular weight excluding hydrogens is 536 g/mol. The number of carbonyl (C=O) groups excluding carboxylic acids is 1. The van der Waals surface area contributed by atoms with E-state index in [1.807, 2.05) is 30.5 Å². The van der Waals surface area contributed by atoms with Gasteiger partial charge in [0.1, 0.15) is 11.5 Å². The number of hydrogen-bond donors (Lipinski definition) is 1. The van der Waals surface area contributed by atoms with E-state index in [-0.39, 0.29) is 17.7 Å². The molecule has 2 aromatic carbocycles. The first-order chi connectivity index (χ1) is 18.8. The highest BCUT2D eigenvalue weighted by Crippen LogP contribution is 2.31. The van der Waals surface area contributed by atoms with Gasteiger partial charge in [-0.25, -0.2) is 14.6 Å². The number of carboxylic acids is 1. The van der Waals surface area contributed by atoms with Crippen molar-refractivity contribution in [2.24, 2.45) is 4.99 Å². The lowest BCUT2D eigenvalue weighted by Gasteiger charge is -2.24. The van der Waals surface area contributed by atoms with Crippen LogP contribution >= 0.6 is 23.1 Å². The van der Waals surface area contributed by atoms with E-state index in [1.54, 1.807) is 60.5 Å². The number of carboxylic acid groups (broad SMARTS) is 1. The van der Waals surface area contributed by atoms with Crippen LogP contribution in [-0.2, 0) is 9.53 Å². The van der Waals surface area contributed by atoms with Crippen LogP contribution in [0.25, 0.3) is 17.4 Å². The number of furan rings is 1. The molecule has 1 N–H and O–H groups in total. The fraction of sp³-hybridized carbons (Fsp3) is 0.172. The van der Waals surface area contributed by atoms with Gasteiger partial charge in [0.25, 0.3) is 5.56 Å². The van der Waals surface area contributed by atoms with Gasteiger partial charge in [-0.1, -0.05) is 35.6 Å². The van der Waals surface area contributed by atoms with Crippen LogP contribution in [0.2, 0.25) is 0 Å². The molecule has 0 fully saturated rings. The van der Waals surface area contributed by atoms with Crippen LogP contribution < -0.4 is 14.9 Å². The summed E-state index contributed by atoms with van der Waals surface area (Å²) < 4.78 is 13.2. The first-order valence-electron chi connectivity index (χ1n) is 12.1. The van der Waals surface area contributed by atoms with Crippen LogP contribution in [0.1, 0.15) is 41.6 Å². The van der Waals surface area contributed by atoms with E-state index in [4.69, 9.17) is 14.3 Å². The van der Waals surface area contributed by atoms with Crippen molar-refractivity contribution in [2.75, 3.05) is 12.9 Å². The van der Waals surface area contributed by atoms with Gasteiger partial charge in [0, 0.05) is 16.5 Å². The fourth-order valence-electron chi connectivity index (χ4n) is 4.38. The molecule has 0 amide bonds. The summed E-state index contributed by atoms with van der Waals surface area (Å²) in [5, 5.41) is 9.12. The Balaban J connectivity index is 1.59. The molecule has 1 aliphatic rings. The highest BCUT2D eigenvalue weighted by atomic mass is 32.2. The quantitative estimate of drug-likeness (QED) is 0.262. The van der Waals surface area contributed by atoms with Crippen molar-refractivity contribution >= 4 is 41.1 Å². The van der Waals surface area contributed by atoms with Crippen LogP contribution in [0.3, 0.4) is 0 Å². The molecule has 0 saturated heterocycles. The number of aromatic carboxylic acids is 1. The molecule has 10 heteroatoms. The van der Waals surface area contributed by atoms with E-state index < -0.39 is 18.0 Å². The molecule has 0 radical (unpaired) electrons. The Morgan fingerprint density at radius 1 is 1.13 bits per heavy atom. The second-order valence-electron chi connectivity index (χ2n) is 8.66. The third kappa shape index (κ3) is 5.13. The predicted octanol–water partition coefficient (Wildman–Crippen LogP) is 4.48. The molecule has 1 aliphatic heterocycles. The summed E-state index contributed by atoms with van der Waals surface area (Å²) in [7, 11) is 0. The van der Waals surface area contributed by atoms with Gasteiger partial charge in [-0.3, -0.25) is 9.36 Å². The summed E-state index contributed by atoms with van der Waals surface area (Å²) in [6.45, 7) is 3.70. The number of hydrogen-bond acceptors (Lipinski definition) is 8. The van der Waals surface area contributed by atoms with E-state index >= 15 is 0 Å². The lowest BCUT2D eigenvalue weighted by Crippen LogP contribution is -2.39. The molecule has 0 saturated carbocycles. The molecule has 4 aromatic rings. The number of nitrogens with zero attached hydrogens (tertiary/aromatic N) is 2. The summed E-state index contributed by atoms with van der Waals surface area (Å²) in [5.41, 5.74) is 2.22. The highest BCUT2D eigenvalue weighted by Gasteiger charge is 2.33. The molecule has 8 nitrogen and oxygen atoms in total. The van der Waals surface area contributed by atoms with Gasteiger partial charge in [0.15, 0.2) is 4.80 Å². The van der Waals surface area contributed by atoms with Crippen molar-refractivity contribution in [1.82, 2.24) is 4.57 Å². The van der Waals surface area contributed by atoms with Crippen molar-refractivity contribution in [3.63, 3.8) is 0 Å². The molecule has 0 spiro atoms. The fourth-order valence-corrected chi connectivity index (χ4v) is 5.82. The van der Waals surface area contributed by atoms with Crippen LogP contribution in [0.5, 0.6) is 0 Å². The van der Waals surface area contributed by atoms with Crippen molar-refractivity contribution in [3.8, 4) is 11.3 Å². The first-order valence-corrected chi connectivity index (χ1v) is 14.1. The molecular formula is C29H24N2O6S2. The summed E-state index contributed by atoms with van der Waals surface area (Å²) in [6.07, 6.45) is 3.63. The topological polar surface area (TPSA) is 111 Å². The number of aromatic nitrogens is 1. The summed E-state index contributed by atoms with van der Waals surface area (Å²) >= 11 is 2.82. The van der Waals surface area contributed by atoms with Gasteiger partial charge >= 0.3 is 11.9 Å². The first kappa shape index (κ1) is 26.5. The van der Waals surface area contributed by atoms with E-state index in [0.717, 1.165) is 10.5 Å². The van der Waals surface area contributed by atoms with Crippen molar-refractivity contribution in [1.29, 1.82) is 0 Å². The van der Waals surface area contributed by atoms with Gasteiger partial charge < -0.3 is 14.3 Å². The lowest BCUT2D eigenvalue weighted by atomic mass is 9.96. The zero-order chi connectivity index (χ0) is 27.7. The Morgan fingerprint density at radius 3 is 2.49 bits per heavy atom. The van der Waals surface area contributed by atoms with Gasteiger partial charge in [0.05, 0.1) is 34.0 Å². The van der Waals surface area contributed by atoms with Crippen LogP contribution in [-0.4, -0.2) is 34.5 Å². The predicted molar refractivity (Wildman–Crippen MR) is 150 cm³/mol. The summed E-state index contributed by atoms with van der Waals surface area (Å²) in [5.74, 6) is -0.508. The molecule has 1 unspecified atom stereocenters. The number of allylic oxidation sites excluding steroid dienone is 1. The van der Waals surface area contributed by atoms with E-state index in [1.165, 1.54) is 23.5 Å². The number of carbonyl (C=O) groups is 2. The Bertz CT molecular complexity index is 1780. The average Bonchev–Trinajstić information content (AvgIpc) is 3.52. The second kappa shape index (κ2) is 10.9. The maximum absolute atomic E-state index is 13.7. The van der Waals surface area contributed by atoms with Gasteiger partial charge in [0.2, 0.25) is 0 Å². The van der Waals surface area contributed by atoms with Crippen molar-refractivity contribution in [3.05, 3.63) is 109 Å². The van der Waals surface area contributed by atoms with Crippen LogP contribution in [0.15, 0.2) is 91.0 Å². The minimum atomic E-state index is -1.00. The zero-order valence-corrected chi connectivity index (χ0v) is 23.0. The average molecular weight is 561 g/mol. The van der Waals surface area contributed by atoms with Gasteiger partial charge in [-0.05, 0) is 62.1 Å². The van der Waals surface area contributed by atoms with Crippen LogP contribution in [0, 0.1) is 0 Å². The number of benzene rings is 2. The Morgan fingerprint density at radius 2 is 1.85 bits per heavy atom.